The number of nitrogens with one attached hydrogen (secondary N) is 2. The zero-order valence-electron chi connectivity index (χ0n) is 27.1. The largest absolute Gasteiger partial charge is 0.378 e. The first-order valence-corrected chi connectivity index (χ1v) is 17.1. The van der Waals surface area contributed by atoms with Crippen LogP contribution >= 0.6 is 24.4 Å². The maximum atomic E-state index is 8.58. The number of imidazole rings is 1. The molecule has 1 aliphatic heterocycles. The van der Waals surface area contributed by atoms with Crippen LogP contribution in [0.4, 0.5) is 11.5 Å². The lowest BCUT2D eigenvalue weighted by atomic mass is 9.81. The summed E-state index contributed by atoms with van der Waals surface area (Å²) in [5, 5.41) is 3.40. The fraction of sp³-hybridized carbons (Fsp3) is 0.424. The van der Waals surface area contributed by atoms with Crippen molar-refractivity contribution in [1.82, 2.24) is 24.9 Å². The lowest BCUT2D eigenvalue weighted by molar-refractivity contribution is -0.106. The summed E-state index contributed by atoms with van der Waals surface area (Å²) in [5.41, 5.74) is 7.32. The Kier molecular flexibility index (Phi) is 17.7. The molecular weight excluding hydrogens is 605 g/mol. The number of nitrogens with two attached hydrogens (primary N) is 1. The van der Waals surface area contributed by atoms with E-state index >= 15 is 0 Å². The van der Waals surface area contributed by atoms with Gasteiger partial charge in [0.1, 0.15) is 11.6 Å². The number of rotatable bonds is 8. The van der Waals surface area contributed by atoms with Crippen molar-refractivity contribution in [1.29, 1.82) is 0 Å². The minimum absolute atomic E-state index is 0.0371. The Morgan fingerprint density at radius 3 is 2.22 bits per heavy atom. The maximum Gasteiger partial charge on any atom is 0.204 e. The van der Waals surface area contributed by atoms with Crippen LogP contribution in [0.15, 0.2) is 72.1 Å². The van der Waals surface area contributed by atoms with E-state index in [0.717, 1.165) is 73.6 Å². The van der Waals surface area contributed by atoms with Crippen LogP contribution < -0.4 is 16.0 Å². The van der Waals surface area contributed by atoms with Crippen LogP contribution in [0.25, 0.3) is 11.4 Å². The minimum atomic E-state index is -0.0371. The number of morpholine rings is 1. The Balaban J connectivity index is 0.000000717. The Morgan fingerprint density at radius 2 is 1.67 bits per heavy atom. The molecule has 1 aromatic carbocycles. The Bertz CT molecular complexity index is 1330. The van der Waals surface area contributed by atoms with Gasteiger partial charge in [-0.05, 0) is 61.9 Å². The molecule has 3 aromatic heterocycles. The number of ether oxygens (including phenoxy) is 1. The predicted molar refractivity (Wildman–Crippen MR) is 190 cm³/mol. The van der Waals surface area contributed by atoms with Gasteiger partial charge in [-0.3, -0.25) is 9.78 Å². The van der Waals surface area contributed by atoms with Crippen molar-refractivity contribution >= 4 is 42.3 Å². The van der Waals surface area contributed by atoms with Crippen molar-refractivity contribution in [2.75, 3.05) is 42.8 Å². The first kappa shape index (κ1) is 37.6. The highest BCUT2D eigenvalue weighted by Gasteiger charge is 2.42. The third kappa shape index (κ3) is 11.1. The average molecular weight is 653 g/mol. The van der Waals surface area contributed by atoms with Crippen LogP contribution in [0.1, 0.15) is 58.5 Å². The van der Waals surface area contributed by atoms with Crippen molar-refractivity contribution in [2.24, 2.45) is 5.73 Å². The number of thiol groups is 1. The van der Waals surface area contributed by atoms with Crippen LogP contribution in [0.3, 0.4) is 0 Å². The number of pyridine rings is 1. The molecule has 0 unspecified atom stereocenters. The third-order valence-electron chi connectivity index (χ3n) is 6.80. The number of aromatic amines is 1. The van der Waals surface area contributed by atoms with E-state index in [0.29, 0.717) is 6.54 Å². The highest BCUT2D eigenvalue weighted by atomic mass is 32.2. The topological polar surface area (TPSA) is 135 Å². The Morgan fingerprint density at radius 1 is 1.02 bits per heavy atom. The number of hydrogen-bond donors (Lipinski definition) is 4. The van der Waals surface area contributed by atoms with Gasteiger partial charge in [-0.25, -0.2) is 15.0 Å². The number of H-pyrrole nitrogens is 1. The van der Waals surface area contributed by atoms with Crippen molar-refractivity contribution in [3.63, 3.8) is 0 Å². The lowest BCUT2D eigenvalue weighted by Gasteiger charge is -2.41. The molecule has 6 rings (SSSR count). The molecule has 0 atom stereocenters. The molecule has 10 nitrogen and oxygen atoms in total. The number of nitrogens with zero attached hydrogens (tertiary/aromatic N) is 5. The summed E-state index contributed by atoms with van der Waals surface area (Å²) in [4.78, 5) is 33.9. The molecule has 1 saturated heterocycles. The summed E-state index contributed by atoms with van der Waals surface area (Å²) in [6.07, 6.45) is 12.7. The van der Waals surface area contributed by atoms with E-state index in [1.54, 1.807) is 12.5 Å². The lowest BCUT2D eigenvalue weighted by Crippen LogP contribution is -2.38. The van der Waals surface area contributed by atoms with Crippen molar-refractivity contribution in [2.45, 2.75) is 63.1 Å². The first-order valence-electron chi connectivity index (χ1n) is 15.4. The second-order valence-electron chi connectivity index (χ2n) is 9.27. The van der Waals surface area contributed by atoms with Gasteiger partial charge in [0, 0.05) is 60.1 Å². The molecule has 244 valence electrons. The minimum Gasteiger partial charge on any atom is -0.378 e. The second kappa shape index (κ2) is 21.2. The fourth-order valence-electron chi connectivity index (χ4n) is 4.61. The standard InChI is InChI=1S/C27H29N7OS.2C2H6.CH3NO.CH4S/c1-8-27(9-1,36-22-6-10-28-11-7-22)23-18-25(34-14-16-35-17-15-34)33-26(32-23)20-2-4-21(5-3-20)31-19-24-29-12-13-30-24;2*1-2;2-1-3;1-2/h2-7,10-13,18,31H,1,8-9,14-17,19H2,(H,29,30);2*1-2H3;1H,(H2,2,3);2H,1H3. The molecule has 1 saturated carbocycles. The molecule has 1 amide bonds. The van der Waals surface area contributed by atoms with Gasteiger partial charge in [0.05, 0.1) is 30.2 Å². The number of primary amides is 1. The molecule has 1 aliphatic carbocycles. The monoisotopic (exact) mass is 652 g/mol. The highest BCUT2D eigenvalue weighted by molar-refractivity contribution is 8.00. The molecule has 0 radical (unpaired) electrons. The van der Waals surface area contributed by atoms with E-state index in [-0.39, 0.29) is 11.2 Å². The van der Waals surface area contributed by atoms with Gasteiger partial charge in [-0.1, -0.05) is 27.7 Å². The summed E-state index contributed by atoms with van der Waals surface area (Å²) in [6.45, 7) is 11.8. The fourth-order valence-corrected chi connectivity index (χ4v) is 6.02. The summed E-state index contributed by atoms with van der Waals surface area (Å²) in [5.74, 6) is 2.66. The van der Waals surface area contributed by atoms with E-state index in [1.165, 1.54) is 11.3 Å². The van der Waals surface area contributed by atoms with E-state index in [9.17, 15) is 0 Å². The smallest absolute Gasteiger partial charge is 0.204 e. The summed E-state index contributed by atoms with van der Waals surface area (Å²) >= 11 is 5.43. The number of benzene rings is 1. The van der Waals surface area contributed by atoms with Gasteiger partial charge in [0.25, 0.3) is 0 Å². The van der Waals surface area contributed by atoms with Crippen molar-refractivity contribution < 1.29 is 9.53 Å². The molecule has 0 bridgehead atoms. The van der Waals surface area contributed by atoms with Crippen molar-refractivity contribution in [3.05, 3.63) is 78.8 Å². The maximum absolute atomic E-state index is 8.58. The van der Waals surface area contributed by atoms with E-state index in [1.807, 2.05) is 58.0 Å². The SMILES string of the molecule is CC.CC.CS.NC=O.c1cc(SC2(c3cc(N4CCOCC4)nc(-c4ccc(NCc5ncc[nH]5)cc4)n3)CCC2)ccn1. The molecule has 2 fully saturated rings. The normalized spacial score (nSPS) is 14.2. The van der Waals surface area contributed by atoms with E-state index < -0.39 is 0 Å². The number of hydrogen-bond acceptors (Lipinski definition) is 10. The molecule has 2 aliphatic rings. The molecule has 4 heterocycles. The number of aromatic nitrogens is 5. The Labute approximate surface area is 277 Å². The summed E-state index contributed by atoms with van der Waals surface area (Å²) in [6, 6.07) is 14.7. The third-order valence-corrected chi connectivity index (χ3v) is 8.31. The van der Waals surface area contributed by atoms with Crippen LogP contribution in [-0.2, 0) is 20.8 Å². The average Bonchev–Trinajstić information content (AvgIpc) is 3.63. The zero-order chi connectivity index (χ0) is 32.9. The van der Waals surface area contributed by atoms with Crippen LogP contribution in [0.5, 0.6) is 0 Å². The quantitative estimate of drug-likeness (QED) is 0.123. The van der Waals surface area contributed by atoms with Crippen LogP contribution in [-0.4, -0.2) is 63.9 Å². The highest BCUT2D eigenvalue weighted by Crippen LogP contribution is 2.55. The van der Waals surface area contributed by atoms with Gasteiger partial charge in [0.2, 0.25) is 6.41 Å². The molecular formula is C33H48N8O2S2. The van der Waals surface area contributed by atoms with Crippen LogP contribution in [0, 0.1) is 0 Å². The molecule has 12 heteroatoms. The Hall–Kier alpha value is -3.61. The van der Waals surface area contributed by atoms with Crippen molar-refractivity contribution in [3.8, 4) is 11.4 Å². The van der Waals surface area contributed by atoms with E-state index in [2.05, 4.69) is 86.0 Å². The van der Waals surface area contributed by atoms with Gasteiger partial charge < -0.3 is 25.7 Å². The summed E-state index contributed by atoms with van der Waals surface area (Å²) in [7, 11) is 0. The number of carbonyl (C=O) groups is 1. The predicted octanol–water partition coefficient (Wildman–Crippen LogP) is 6.58. The molecule has 0 spiro atoms. The van der Waals surface area contributed by atoms with Gasteiger partial charge >= 0.3 is 0 Å². The number of thioether (sulfide) groups is 1. The van der Waals surface area contributed by atoms with E-state index in [4.69, 9.17) is 19.5 Å². The molecule has 4 N–H and O–H groups in total. The number of carbonyl (C=O) groups excluding carboxylic acids is 1. The second-order valence-corrected chi connectivity index (χ2v) is 10.7. The first-order chi connectivity index (χ1) is 22.2. The summed E-state index contributed by atoms with van der Waals surface area (Å²) < 4.78 is 5.56. The number of amides is 1. The van der Waals surface area contributed by atoms with Gasteiger partial charge in [-0.2, -0.15) is 12.6 Å². The number of anilines is 2. The molecule has 4 aromatic rings. The van der Waals surface area contributed by atoms with Gasteiger partial charge in [-0.15, -0.1) is 11.8 Å². The van der Waals surface area contributed by atoms with Crippen LogP contribution in [0.2, 0.25) is 0 Å². The zero-order valence-corrected chi connectivity index (χ0v) is 28.8. The van der Waals surface area contributed by atoms with Gasteiger partial charge in [0.15, 0.2) is 5.82 Å². The molecule has 45 heavy (non-hydrogen) atoms.